The van der Waals surface area contributed by atoms with Gasteiger partial charge in [0, 0.05) is 50.1 Å². The van der Waals surface area contributed by atoms with Crippen LogP contribution < -0.4 is 5.32 Å². The normalized spacial score (nSPS) is 17.5. The van der Waals surface area contributed by atoms with Crippen LogP contribution in [0.1, 0.15) is 29.5 Å². The number of nitrogens with zero attached hydrogens (tertiary/aromatic N) is 4. The number of fused-ring (bicyclic) bond motifs is 1. The quantitative estimate of drug-likeness (QED) is 0.627. The minimum absolute atomic E-state index is 0.0403. The van der Waals surface area contributed by atoms with E-state index in [0.29, 0.717) is 43.9 Å². The molecule has 0 saturated carbocycles. The fraction of sp³-hybridized carbons (Fsp3) is 0.292. The standard InChI is InChI=1S/C24H25N5O3S/c30-24(26-15-18-5-7-19(8-6-18)16-28-14-11-25-17-28)20-9-12-29(13-10-20)23-21-3-1-2-4-22(21)33(31,32)27-23/h1-8,11,14,17,20H,9-10,12-13,15-16H2,(H,26,30). The predicted molar refractivity (Wildman–Crippen MR) is 124 cm³/mol. The number of carbonyl (C=O) groups is 1. The van der Waals surface area contributed by atoms with Gasteiger partial charge in [-0.3, -0.25) is 4.79 Å². The van der Waals surface area contributed by atoms with E-state index in [9.17, 15) is 13.2 Å². The molecule has 0 unspecified atom stereocenters. The van der Waals surface area contributed by atoms with Gasteiger partial charge in [-0.25, -0.2) is 4.98 Å². The minimum atomic E-state index is -3.63. The summed E-state index contributed by atoms with van der Waals surface area (Å²) in [6.45, 7) is 2.46. The number of hydrogen-bond acceptors (Lipinski definition) is 5. The van der Waals surface area contributed by atoms with Crippen molar-refractivity contribution in [3.63, 3.8) is 0 Å². The molecule has 2 aliphatic heterocycles. The van der Waals surface area contributed by atoms with Crippen LogP contribution >= 0.6 is 0 Å². The molecule has 3 aromatic rings. The molecule has 5 rings (SSSR count). The van der Waals surface area contributed by atoms with Gasteiger partial charge in [0.25, 0.3) is 10.0 Å². The van der Waals surface area contributed by atoms with E-state index >= 15 is 0 Å². The highest BCUT2D eigenvalue weighted by molar-refractivity contribution is 7.90. The number of benzene rings is 2. The Bertz CT molecular complexity index is 1280. The summed E-state index contributed by atoms with van der Waals surface area (Å²) in [4.78, 5) is 19.0. The van der Waals surface area contributed by atoms with Crippen LogP contribution in [0.15, 0.2) is 76.5 Å². The summed E-state index contributed by atoms with van der Waals surface area (Å²) >= 11 is 0. The molecule has 9 heteroatoms. The van der Waals surface area contributed by atoms with Crippen LogP contribution in [0.4, 0.5) is 0 Å². The van der Waals surface area contributed by atoms with E-state index in [1.807, 2.05) is 33.9 Å². The first-order valence-electron chi connectivity index (χ1n) is 11.0. The molecule has 2 aromatic carbocycles. The first-order chi connectivity index (χ1) is 16.0. The monoisotopic (exact) mass is 463 g/mol. The number of amidine groups is 1. The van der Waals surface area contributed by atoms with Crippen molar-refractivity contribution < 1.29 is 13.2 Å². The van der Waals surface area contributed by atoms with E-state index in [1.54, 1.807) is 30.7 Å². The zero-order valence-electron chi connectivity index (χ0n) is 18.1. The molecule has 0 spiro atoms. The van der Waals surface area contributed by atoms with Crippen molar-refractivity contribution in [3.05, 3.63) is 83.9 Å². The van der Waals surface area contributed by atoms with E-state index < -0.39 is 10.0 Å². The number of amides is 1. The number of nitrogens with one attached hydrogen (secondary N) is 1. The van der Waals surface area contributed by atoms with Gasteiger partial charge in [0.2, 0.25) is 5.91 Å². The highest BCUT2D eigenvalue weighted by Gasteiger charge is 2.34. The average Bonchev–Trinajstić information content (AvgIpc) is 3.44. The minimum Gasteiger partial charge on any atom is -0.355 e. The smallest absolute Gasteiger partial charge is 0.285 e. The molecule has 0 aliphatic carbocycles. The lowest BCUT2D eigenvalue weighted by atomic mass is 9.95. The highest BCUT2D eigenvalue weighted by Crippen LogP contribution is 2.29. The summed E-state index contributed by atoms with van der Waals surface area (Å²) < 4.78 is 30.6. The van der Waals surface area contributed by atoms with E-state index in [4.69, 9.17) is 0 Å². The number of imidazole rings is 1. The maximum Gasteiger partial charge on any atom is 0.285 e. The first-order valence-corrected chi connectivity index (χ1v) is 12.4. The third kappa shape index (κ3) is 4.54. The SMILES string of the molecule is O=C(NCc1ccc(Cn2ccnc2)cc1)C1CCN(C2=NS(=O)(=O)c3ccccc32)CC1. The molecule has 0 bridgehead atoms. The third-order valence-corrected chi connectivity index (χ3v) is 7.52. The Morgan fingerprint density at radius 1 is 1.03 bits per heavy atom. The third-order valence-electron chi connectivity index (χ3n) is 6.19. The second-order valence-corrected chi connectivity index (χ2v) is 9.99. The largest absolute Gasteiger partial charge is 0.355 e. The van der Waals surface area contributed by atoms with E-state index in [1.165, 1.54) is 5.56 Å². The molecule has 1 amide bonds. The molecular weight excluding hydrogens is 438 g/mol. The second kappa shape index (κ2) is 8.82. The maximum absolute atomic E-state index is 12.7. The predicted octanol–water partition coefficient (Wildman–Crippen LogP) is 2.41. The lowest BCUT2D eigenvalue weighted by molar-refractivity contribution is -0.126. The average molecular weight is 464 g/mol. The summed E-state index contributed by atoms with van der Waals surface area (Å²) in [5.41, 5.74) is 2.88. The Kier molecular flexibility index (Phi) is 5.72. The number of hydrogen-bond donors (Lipinski definition) is 1. The van der Waals surface area contributed by atoms with Crippen molar-refractivity contribution in [3.8, 4) is 0 Å². The molecule has 2 aliphatic rings. The van der Waals surface area contributed by atoms with E-state index in [2.05, 4.69) is 26.8 Å². The van der Waals surface area contributed by atoms with Gasteiger partial charge in [0.05, 0.1) is 6.33 Å². The molecule has 1 N–H and O–H groups in total. The van der Waals surface area contributed by atoms with Crippen LogP contribution in [0.2, 0.25) is 0 Å². The van der Waals surface area contributed by atoms with E-state index in [0.717, 1.165) is 12.1 Å². The molecule has 0 radical (unpaired) electrons. The van der Waals surface area contributed by atoms with Gasteiger partial charge in [-0.1, -0.05) is 36.4 Å². The molecule has 8 nitrogen and oxygen atoms in total. The van der Waals surface area contributed by atoms with Crippen LogP contribution in [-0.4, -0.2) is 47.7 Å². The molecule has 33 heavy (non-hydrogen) atoms. The Labute approximate surface area is 193 Å². The Morgan fingerprint density at radius 2 is 1.76 bits per heavy atom. The number of carbonyl (C=O) groups excluding carboxylic acids is 1. The van der Waals surface area contributed by atoms with Gasteiger partial charge < -0.3 is 14.8 Å². The van der Waals surface area contributed by atoms with Crippen molar-refractivity contribution in [2.75, 3.05) is 13.1 Å². The first kappa shape index (κ1) is 21.4. The molecular formula is C24H25N5O3S. The Hall–Kier alpha value is -3.46. The van der Waals surface area contributed by atoms with Crippen LogP contribution in [-0.2, 0) is 27.9 Å². The van der Waals surface area contributed by atoms with Gasteiger partial charge in [0.1, 0.15) is 4.90 Å². The number of piperidine rings is 1. The summed E-state index contributed by atoms with van der Waals surface area (Å²) in [5, 5.41) is 3.05. The summed E-state index contributed by atoms with van der Waals surface area (Å²) in [5.74, 6) is 0.453. The van der Waals surface area contributed by atoms with E-state index in [-0.39, 0.29) is 16.7 Å². The lowest BCUT2D eigenvalue weighted by Crippen LogP contribution is -2.42. The number of rotatable bonds is 5. The zero-order valence-corrected chi connectivity index (χ0v) is 18.9. The highest BCUT2D eigenvalue weighted by atomic mass is 32.2. The summed E-state index contributed by atoms with van der Waals surface area (Å²) in [6.07, 6.45) is 6.80. The maximum atomic E-state index is 12.7. The van der Waals surface area contributed by atoms with Gasteiger partial charge in [-0.05, 0) is 36.1 Å². The number of aromatic nitrogens is 2. The Balaban J connectivity index is 1.13. The van der Waals surface area contributed by atoms with Crippen molar-refractivity contribution in [1.82, 2.24) is 19.8 Å². The fourth-order valence-corrected chi connectivity index (χ4v) is 5.58. The summed E-state index contributed by atoms with van der Waals surface area (Å²) in [7, 11) is -3.63. The number of likely N-dealkylation sites (tertiary alicyclic amines) is 1. The van der Waals surface area contributed by atoms with Crippen molar-refractivity contribution in [2.45, 2.75) is 30.8 Å². The Morgan fingerprint density at radius 3 is 2.48 bits per heavy atom. The van der Waals surface area contributed by atoms with Gasteiger partial charge in [0.15, 0.2) is 5.84 Å². The van der Waals surface area contributed by atoms with Gasteiger partial charge in [-0.2, -0.15) is 8.42 Å². The summed E-state index contributed by atoms with van der Waals surface area (Å²) in [6, 6.07) is 15.1. The zero-order chi connectivity index (χ0) is 22.8. The van der Waals surface area contributed by atoms with Crippen molar-refractivity contribution in [2.24, 2.45) is 10.3 Å². The van der Waals surface area contributed by atoms with Gasteiger partial charge >= 0.3 is 0 Å². The molecule has 1 aromatic heterocycles. The molecule has 1 saturated heterocycles. The lowest BCUT2D eigenvalue weighted by Gasteiger charge is -2.32. The van der Waals surface area contributed by atoms with Crippen molar-refractivity contribution >= 4 is 21.8 Å². The number of sulfonamides is 1. The van der Waals surface area contributed by atoms with Crippen LogP contribution in [0.3, 0.4) is 0 Å². The van der Waals surface area contributed by atoms with Crippen molar-refractivity contribution in [1.29, 1.82) is 0 Å². The van der Waals surface area contributed by atoms with Gasteiger partial charge in [-0.15, -0.1) is 4.40 Å². The van der Waals surface area contributed by atoms with Crippen LogP contribution in [0.25, 0.3) is 0 Å². The molecule has 170 valence electrons. The van der Waals surface area contributed by atoms with Crippen LogP contribution in [0, 0.1) is 5.92 Å². The fourth-order valence-electron chi connectivity index (χ4n) is 4.36. The molecule has 3 heterocycles. The second-order valence-electron chi connectivity index (χ2n) is 8.42. The topological polar surface area (TPSA) is 96.7 Å². The molecule has 0 atom stereocenters. The molecule has 1 fully saturated rings. The van der Waals surface area contributed by atoms with Crippen LogP contribution in [0.5, 0.6) is 0 Å².